The Balaban J connectivity index is 1.53. The molecule has 7 heteroatoms. The number of rotatable bonds is 4. The number of fused-ring (bicyclic) bond motifs is 1. The van der Waals surface area contributed by atoms with Gasteiger partial charge in [0.1, 0.15) is 5.52 Å². The molecule has 1 saturated heterocycles. The minimum atomic E-state index is 0.0610. The summed E-state index contributed by atoms with van der Waals surface area (Å²) in [5, 5.41) is 6.74. The van der Waals surface area contributed by atoms with Gasteiger partial charge in [0.05, 0.1) is 24.4 Å². The molecule has 0 unspecified atom stereocenters. The Morgan fingerprint density at radius 1 is 1.07 bits per heavy atom. The third-order valence-electron chi connectivity index (χ3n) is 5.43. The smallest absolute Gasteiger partial charge is 0.217 e. The van der Waals surface area contributed by atoms with Crippen molar-refractivity contribution in [2.45, 2.75) is 44.7 Å². The normalized spacial score (nSPS) is 23.2. The first-order valence-electron chi connectivity index (χ1n) is 9.80. The number of nitrogens with one attached hydrogen (secondary N) is 2. The van der Waals surface area contributed by atoms with Crippen LogP contribution in [0.15, 0.2) is 24.5 Å². The fourth-order valence-electron chi connectivity index (χ4n) is 4.06. The zero-order valence-corrected chi connectivity index (χ0v) is 15.8. The lowest BCUT2D eigenvalue weighted by atomic mass is 9.91. The molecule has 0 bridgehead atoms. The number of aromatic nitrogens is 2. The average molecular weight is 369 g/mol. The van der Waals surface area contributed by atoms with Crippen LogP contribution < -0.4 is 15.5 Å². The van der Waals surface area contributed by atoms with Gasteiger partial charge in [0, 0.05) is 50.2 Å². The second-order valence-electron chi connectivity index (χ2n) is 7.41. The Morgan fingerprint density at radius 2 is 1.78 bits per heavy atom. The van der Waals surface area contributed by atoms with Crippen LogP contribution in [0, 0.1) is 0 Å². The van der Waals surface area contributed by atoms with E-state index in [4.69, 9.17) is 4.74 Å². The predicted molar refractivity (Wildman–Crippen MR) is 106 cm³/mol. The average Bonchev–Trinajstić information content (AvgIpc) is 2.70. The fourth-order valence-corrected chi connectivity index (χ4v) is 4.06. The van der Waals surface area contributed by atoms with Gasteiger partial charge in [0.15, 0.2) is 0 Å². The van der Waals surface area contributed by atoms with Gasteiger partial charge in [0.2, 0.25) is 5.91 Å². The number of carbonyl (C=O) groups excluding carboxylic acids is 1. The topological polar surface area (TPSA) is 79.4 Å². The van der Waals surface area contributed by atoms with Crippen molar-refractivity contribution in [1.29, 1.82) is 0 Å². The number of carbonyl (C=O) groups is 1. The number of anilines is 2. The quantitative estimate of drug-likeness (QED) is 0.861. The van der Waals surface area contributed by atoms with Crippen LogP contribution in [0.3, 0.4) is 0 Å². The lowest BCUT2D eigenvalue weighted by Gasteiger charge is -2.32. The van der Waals surface area contributed by atoms with Crippen molar-refractivity contribution in [3.8, 4) is 0 Å². The van der Waals surface area contributed by atoms with Gasteiger partial charge < -0.3 is 20.3 Å². The van der Waals surface area contributed by atoms with Crippen LogP contribution in [0.2, 0.25) is 0 Å². The standard InChI is InChI=1S/C20H27N5O2/c1-14(26)23-15-2-4-16(5-3-15)24-19-13-17(25-8-10-27-11-9-25)12-18-20(19)22-7-6-21-18/h6-7,12-13,15-16,24H,2-5,8-11H2,1H3,(H,23,26)/t15-,16-. The first-order chi connectivity index (χ1) is 13.2. The van der Waals surface area contributed by atoms with Crippen LogP contribution in [0.1, 0.15) is 32.6 Å². The van der Waals surface area contributed by atoms with Crippen molar-refractivity contribution in [2.24, 2.45) is 0 Å². The van der Waals surface area contributed by atoms with Crippen molar-refractivity contribution < 1.29 is 9.53 Å². The van der Waals surface area contributed by atoms with Crippen LogP contribution in [-0.2, 0) is 9.53 Å². The largest absolute Gasteiger partial charge is 0.380 e. The van der Waals surface area contributed by atoms with Gasteiger partial charge in [-0.25, -0.2) is 0 Å². The molecule has 1 aliphatic carbocycles. The number of ether oxygens (including phenoxy) is 1. The van der Waals surface area contributed by atoms with Crippen molar-refractivity contribution in [3.63, 3.8) is 0 Å². The van der Waals surface area contributed by atoms with E-state index in [9.17, 15) is 4.79 Å². The summed E-state index contributed by atoms with van der Waals surface area (Å²) >= 11 is 0. The Labute approximate surface area is 159 Å². The zero-order chi connectivity index (χ0) is 18.6. The minimum Gasteiger partial charge on any atom is -0.380 e. The summed E-state index contributed by atoms with van der Waals surface area (Å²) < 4.78 is 5.48. The molecule has 0 radical (unpaired) electrons. The maximum atomic E-state index is 11.3. The molecule has 27 heavy (non-hydrogen) atoms. The summed E-state index contributed by atoms with van der Waals surface area (Å²) in [6.07, 6.45) is 7.57. The molecule has 4 rings (SSSR count). The van der Waals surface area contributed by atoms with E-state index in [1.807, 2.05) is 0 Å². The van der Waals surface area contributed by atoms with Crippen molar-refractivity contribution in [1.82, 2.24) is 15.3 Å². The van der Waals surface area contributed by atoms with E-state index in [0.29, 0.717) is 12.1 Å². The first kappa shape index (κ1) is 18.0. The molecule has 2 fully saturated rings. The zero-order valence-electron chi connectivity index (χ0n) is 15.8. The molecule has 0 atom stereocenters. The highest BCUT2D eigenvalue weighted by Gasteiger charge is 2.23. The molecular formula is C20H27N5O2. The Kier molecular flexibility index (Phi) is 5.38. The SMILES string of the molecule is CC(=O)N[C@H]1CC[C@H](Nc2cc(N3CCOCC3)cc3nccnc23)CC1. The lowest BCUT2D eigenvalue weighted by Crippen LogP contribution is -2.39. The Bertz CT molecular complexity index is 798. The lowest BCUT2D eigenvalue weighted by molar-refractivity contribution is -0.119. The second-order valence-corrected chi connectivity index (χ2v) is 7.41. The summed E-state index contributed by atoms with van der Waals surface area (Å²) in [7, 11) is 0. The van der Waals surface area contributed by atoms with Gasteiger partial charge in [-0.05, 0) is 37.8 Å². The summed E-state index contributed by atoms with van der Waals surface area (Å²) in [5.74, 6) is 0.0610. The van der Waals surface area contributed by atoms with E-state index < -0.39 is 0 Å². The van der Waals surface area contributed by atoms with Crippen molar-refractivity contribution in [2.75, 3.05) is 36.5 Å². The van der Waals surface area contributed by atoms with Gasteiger partial charge >= 0.3 is 0 Å². The molecule has 7 nitrogen and oxygen atoms in total. The van der Waals surface area contributed by atoms with Crippen LogP contribution in [-0.4, -0.2) is 54.3 Å². The molecule has 2 aliphatic rings. The summed E-state index contributed by atoms with van der Waals surface area (Å²) in [5.41, 5.74) is 4.04. The monoisotopic (exact) mass is 369 g/mol. The molecule has 0 spiro atoms. The van der Waals surface area contributed by atoms with E-state index in [0.717, 1.165) is 68.7 Å². The second kappa shape index (κ2) is 8.08. The first-order valence-corrected chi connectivity index (χ1v) is 9.80. The molecule has 1 aliphatic heterocycles. The molecule has 2 N–H and O–H groups in total. The van der Waals surface area contributed by atoms with E-state index in [2.05, 4.69) is 37.6 Å². The Morgan fingerprint density at radius 3 is 2.52 bits per heavy atom. The van der Waals surface area contributed by atoms with E-state index >= 15 is 0 Å². The fraction of sp³-hybridized carbons (Fsp3) is 0.550. The highest BCUT2D eigenvalue weighted by molar-refractivity contribution is 5.91. The number of benzene rings is 1. The highest BCUT2D eigenvalue weighted by Crippen LogP contribution is 2.30. The van der Waals surface area contributed by atoms with Gasteiger partial charge in [-0.15, -0.1) is 0 Å². The molecule has 144 valence electrons. The highest BCUT2D eigenvalue weighted by atomic mass is 16.5. The van der Waals surface area contributed by atoms with Crippen LogP contribution in [0.5, 0.6) is 0 Å². The van der Waals surface area contributed by atoms with Crippen LogP contribution in [0.25, 0.3) is 11.0 Å². The number of hydrogen-bond acceptors (Lipinski definition) is 6. The van der Waals surface area contributed by atoms with Crippen molar-refractivity contribution >= 4 is 28.3 Å². The Hall–Kier alpha value is -2.41. The van der Waals surface area contributed by atoms with E-state index in [1.165, 1.54) is 5.69 Å². The number of amides is 1. The summed E-state index contributed by atoms with van der Waals surface area (Å²) in [6.45, 7) is 4.90. The van der Waals surface area contributed by atoms with E-state index in [-0.39, 0.29) is 5.91 Å². The molecule has 1 saturated carbocycles. The third kappa shape index (κ3) is 4.30. The molecule has 2 heterocycles. The van der Waals surface area contributed by atoms with Crippen LogP contribution >= 0.6 is 0 Å². The molecular weight excluding hydrogens is 342 g/mol. The maximum absolute atomic E-state index is 11.3. The number of hydrogen-bond donors (Lipinski definition) is 2. The molecule has 2 aromatic rings. The minimum absolute atomic E-state index is 0.0610. The number of nitrogens with zero attached hydrogens (tertiary/aromatic N) is 3. The maximum Gasteiger partial charge on any atom is 0.217 e. The van der Waals surface area contributed by atoms with Gasteiger partial charge in [0.25, 0.3) is 0 Å². The van der Waals surface area contributed by atoms with E-state index in [1.54, 1.807) is 19.3 Å². The summed E-state index contributed by atoms with van der Waals surface area (Å²) in [4.78, 5) is 22.7. The van der Waals surface area contributed by atoms with Gasteiger partial charge in [-0.1, -0.05) is 0 Å². The molecule has 1 aromatic carbocycles. The van der Waals surface area contributed by atoms with Gasteiger partial charge in [-0.2, -0.15) is 0 Å². The molecule has 1 amide bonds. The van der Waals surface area contributed by atoms with Gasteiger partial charge in [-0.3, -0.25) is 14.8 Å². The summed E-state index contributed by atoms with van der Waals surface area (Å²) in [6, 6.07) is 5.01. The number of morpholine rings is 1. The third-order valence-corrected chi connectivity index (χ3v) is 5.43. The molecule has 1 aromatic heterocycles. The van der Waals surface area contributed by atoms with Crippen LogP contribution in [0.4, 0.5) is 11.4 Å². The van der Waals surface area contributed by atoms with Crippen molar-refractivity contribution in [3.05, 3.63) is 24.5 Å². The predicted octanol–water partition coefficient (Wildman–Crippen LogP) is 2.33.